The molecule has 6 nitrogen and oxygen atoms in total. The number of likely N-dealkylation sites (tertiary alicyclic amines) is 1. The first-order chi connectivity index (χ1) is 16.4. The summed E-state index contributed by atoms with van der Waals surface area (Å²) in [4.78, 5) is 28.5. The molecule has 0 radical (unpaired) electrons. The fraction of sp³-hybridized carbons (Fsp3) is 0.286. The third kappa shape index (κ3) is 3.89. The van der Waals surface area contributed by atoms with Gasteiger partial charge in [-0.25, -0.2) is 4.79 Å². The van der Waals surface area contributed by atoms with Crippen LogP contribution in [0.5, 0.6) is 0 Å². The highest BCUT2D eigenvalue weighted by Crippen LogP contribution is 2.44. The Bertz CT molecular complexity index is 1180. The van der Waals surface area contributed by atoms with Crippen LogP contribution in [0.4, 0.5) is 10.5 Å². The van der Waals surface area contributed by atoms with Gasteiger partial charge in [-0.3, -0.25) is 4.79 Å². The van der Waals surface area contributed by atoms with Gasteiger partial charge in [-0.1, -0.05) is 60.7 Å². The Balaban J connectivity index is 1.30. The van der Waals surface area contributed by atoms with Gasteiger partial charge in [-0.2, -0.15) is 0 Å². The molecule has 1 aliphatic carbocycles. The minimum atomic E-state index is -0.893. The van der Waals surface area contributed by atoms with Crippen LogP contribution in [0.25, 0.3) is 11.1 Å². The summed E-state index contributed by atoms with van der Waals surface area (Å²) in [5.74, 6) is -1.85. The maximum Gasteiger partial charge on any atom is 0.409 e. The number of ether oxygens (including phenoxy) is 1. The van der Waals surface area contributed by atoms with Gasteiger partial charge in [0.05, 0.1) is 5.92 Å². The molecule has 1 N–H and O–H groups in total. The van der Waals surface area contributed by atoms with Crippen molar-refractivity contribution in [2.75, 3.05) is 38.7 Å². The zero-order valence-electron chi connectivity index (χ0n) is 19.3. The second kappa shape index (κ2) is 8.86. The van der Waals surface area contributed by atoms with Crippen molar-refractivity contribution in [3.8, 4) is 11.1 Å². The van der Waals surface area contributed by atoms with E-state index in [9.17, 15) is 14.7 Å². The number of carbonyl (C=O) groups is 2. The molecule has 2 unspecified atom stereocenters. The second-order valence-corrected chi connectivity index (χ2v) is 9.25. The molecule has 1 aliphatic heterocycles. The van der Waals surface area contributed by atoms with E-state index in [4.69, 9.17) is 4.74 Å². The van der Waals surface area contributed by atoms with Crippen LogP contribution >= 0.6 is 0 Å². The lowest BCUT2D eigenvalue weighted by Crippen LogP contribution is -2.31. The molecule has 1 heterocycles. The number of amides is 1. The maximum absolute atomic E-state index is 13.0. The molecule has 1 fully saturated rings. The first kappa shape index (κ1) is 22.0. The molecular formula is C28H28N2O4. The topological polar surface area (TPSA) is 70.1 Å². The van der Waals surface area contributed by atoms with Gasteiger partial charge in [-0.05, 0) is 39.9 Å². The van der Waals surface area contributed by atoms with E-state index in [1.165, 1.54) is 16.0 Å². The quantitative estimate of drug-likeness (QED) is 0.597. The summed E-state index contributed by atoms with van der Waals surface area (Å²) in [6.07, 6.45) is -0.458. The molecule has 34 heavy (non-hydrogen) atoms. The molecule has 6 heteroatoms. The largest absolute Gasteiger partial charge is 0.481 e. The molecule has 0 aromatic heterocycles. The minimum absolute atomic E-state index is 0.0244. The zero-order chi connectivity index (χ0) is 23.8. The van der Waals surface area contributed by atoms with E-state index in [0.717, 1.165) is 22.4 Å². The second-order valence-electron chi connectivity index (χ2n) is 9.25. The Morgan fingerprint density at radius 3 is 2.06 bits per heavy atom. The lowest BCUT2D eigenvalue weighted by atomic mass is 9.89. The molecular weight excluding hydrogens is 428 g/mol. The molecule has 174 valence electrons. The normalized spacial score (nSPS) is 18.9. The van der Waals surface area contributed by atoms with Crippen molar-refractivity contribution >= 4 is 17.7 Å². The Morgan fingerprint density at radius 1 is 0.912 bits per heavy atom. The van der Waals surface area contributed by atoms with Crippen molar-refractivity contribution in [3.05, 3.63) is 89.5 Å². The van der Waals surface area contributed by atoms with E-state index >= 15 is 0 Å². The van der Waals surface area contributed by atoms with Crippen LogP contribution in [0, 0.1) is 5.92 Å². The number of fused-ring (bicyclic) bond motifs is 3. The monoisotopic (exact) mass is 456 g/mol. The average Bonchev–Trinajstić information content (AvgIpc) is 3.43. The molecule has 2 aliphatic rings. The number of carbonyl (C=O) groups excluding carboxylic acids is 1. The highest BCUT2D eigenvalue weighted by atomic mass is 16.6. The van der Waals surface area contributed by atoms with Crippen LogP contribution in [0.1, 0.15) is 28.5 Å². The van der Waals surface area contributed by atoms with Crippen molar-refractivity contribution < 1.29 is 19.4 Å². The number of hydrogen-bond acceptors (Lipinski definition) is 4. The lowest BCUT2D eigenvalue weighted by molar-refractivity contribution is -0.141. The molecule has 2 atom stereocenters. The number of aliphatic carboxylic acids is 1. The summed E-state index contributed by atoms with van der Waals surface area (Å²) >= 11 is 0. The molecule has 0 saturated carbocycles. The molecule has 5 rings (SSSR count). The summed E-state index contributed by atoms with van der Waals surface area (Å²) in [7, 11) is 3.92. The zero-order valence-corrected chi connectivity index (χ0v) is 19.3. The molecule has 1 amide bonds. The van der Waals surface area contributed by atoms with E-state index in [-0.39, 0.29) is 25.0 Å². The van der Waals surface area contributed by atoms with Gasteiger partial charge >= 0.3 is 12.1 Å². The molecule has 1 saturated heterocycles. The van der Waals surface area contributed by atoms with Gasteiger partial charge in [0, 0.05) is 44.7 Å². The molecule has 3 aromatic carbocycles. The first-order valence-electron chi connectivity index (χ1n) is 11.5. The van der Waals surface area contributed by atoms with Crippen LogP contribution in [-0.2, 0) is 9.53 Å². The lowest BCUT2D eigenvalue weighted by Gasteiger charge is -2.19. The van der Waals surface area contributed by atoms with Crippen LogP contribution < -0.4 is 4.90 Å². The van der Waals surface area contributed by atoms with Crippen molar-refractivity contribution in [1.29, 1.82) is 0 Å². The van der Waals surface area contributed by atoms with Gasteiger partial charge in [0.25, 0.3) is 0 Å². The van der Waals surface area contributed by atoms with E-state index in [0.29, 0.717) is 6.54 Å². The Morgan fingerprint density at radius 2 is 1.50 bits per heavy atom. The number of anilines is 1. The third-order valence-corrected chi connectivity index (χ3v) is 7.07. The third-order valence-electron chi connectivity index (χ3n) is 7.07. The fourth-order valence-corrected chi connectivity index (χ4v) is 5.25. The van der Waals surface area contributed by atoms with E-state index < -0.39 is 18.0 Å². The van der Waals surface area contributed by atoms with E-state index in [1.54, 1.807) is 0 Å². The van der Waals surface area contributed by atoms with E-state index in [1.807, 2.05) is 67.5 Å². The van der Waals surface area contributed by atoms with Crippen LogP contribution in [0.15, 0.2) is 72.8 Å². The van der Waals surface area contributed by atoms with Crippen molar-refractivity contribution in [1.82, 2.24) is 4.90 Å². The van der Waals surface area contributed by atoms with Gasteiger partial charge in [-0.15, -0.1) is 0 Å². The molecule has 0 spiro atoms. The summed E-state index contributed by atoms with van der Waals surface area (Å²) in [5, 5.41) is 9.82. The smallest absolute Gasteiger partial charge is 0.409 e. The van der Waals surface area contributed by atoms with Gasteiger partial charge in [0.15, 0.2) is 0 Å². The van der Waals surface area contributed by atoms with E-state index in [2.05, 4.69) is 24.3 Å². The summed E-state index contributed by atoms with van der Waals surface area (Å²) in [6, 6.07) is 24.3. The number of carboxylic acids is 1. The van der Waals surface area contributed by atoms with Crippen LogP contribution in [0.2, 0.25) is 0 Å². The van der Waals surface area contributed by atoms with Gasteiger partial charge in [0.2, 0.25) is 0 Å². The predicted octanol–water partition coefficient (Wildman–Crippen LogP) is 4.80. The standard InChI is InChI=1S/C28H28N2O4/c1-29(2)19-13-11-18(12-14-19)24-15-30(16-25(24)27(31)32)28(33)34-17-26-22-9-5-3-7-20(22)21-8-4-6-10-23(21)26/h3-14,24-26H,15-17H2,1-2H3,(H,31,32). The number of benzene rings is 3. The summed E-state index contributed by atoms with van der Waals surface area (Å²) < 4.78 is 5.77. The van der Waals surface area contributed by atoms with Crippen molar-refractivity contribution in [2.24, 2.45) is 5.92 Å². The molecule has 3 aromatic rings. The Kier molecular flexibility index (Phi) is 5.74. The Labute approximate surface area is 199 Å². The van der Waals surface area contributed by atoms with Gasteiger partial charge in [0.1, 0.15) is 6.61 Å². The van der Waals surface area contributed by atoms with Crippen molar-refractivity contribution in [2.45, 2.75) is 11.8 Å². The fourth-order valence-electron chi connectivity index (χ4n) is 5.25. The van der Waals surface area contributed by atoms with Crippen molar-refractivity contribution in [3.63, 3.8) is 0 Å². The SMILES string of the molecule is CN(C)c1ccc(C2CN(C(=O)OCC3c4ccccc4-c4ccccc43)CC2C(=O)O)cc1. The molecule has 0 bridgehead atoms. The minimum Gasteiger partial charge on any atom is -0.481 e. The van der Waals surface area contributed by atoms with Gasteiger partial charge < -0.3 is 19.6 Å². The predicted molar refractivity (Wildman–Crippen MR) is 131 cm³/mol. The highest BCUT2D eigenvalue weighted by Gasteiger charge is 2.41. The maximum atomic E-state index is 13.0. The summed E-state index contributed by atoms with van der Waals surface area (Å²) in [6.45, 7) is 0.699. The average molecular weight is 457 g/mol. The summed E-state index contributed by atoms with van der Waals surface area (Å²) in [5.41, 5.74) is 6.62. The highest BCUT2D eigenvalue weighted by molar-refractivity contribution is 5.79. The number of carboxylic acid groups (broad SMARTS) is 1. The number of nitrogens with zero attached hydrogens (tertiary/aromatic N) is 2. The number of rotatable bonds is 5. The van der Waals surface area contributed by atoms with Crippen LogP contribution in [-0.4, -0.2) is 55.9 Å². The number of hydrogen-bond donors (Lipinski definition) is 1. The van der Waals surface area contributed by atoms with Crippen LogP contribution in [0.3, 0.4) is 0 Å². The Hall–Kier alpha value is -3.80. The first-order valence-corrected chi connectivity index (χ1v) is 11.5.